The summed E-state index contributed by atoms with van der Waals surface area (Å²) in [6.45, 7) is 1.08. The van der Waals surface area contributed by atoms with E-state index in [0.29, 0.717) is 30.2 Å². The van der Waals surface area contributed by atoms with Crippen molar-refractivity contribution in [2.45, 2.75) is 32.4 Å². The third-order valence-corrected chi connectivity index (χ3v) is 6.36. The highest BCUT2D eigenvalue weighted by Gasteiger charge is 2.17. The average Bonchev–Trinajstić information content (AvgIpc) is 2.82. The second kappa shape index (κ2) is 10.9. The van der Waals surface area contributed by atoms with Crippen LogP contribution in [0.3, 0.4) is 0 Å². The van der Waals surface area contributed by atoms with E-state index in [4.69, 9.17) is 9.72 Å². The third-order valence-electron chi connectivity index (χ3n) is 5.30. The molecular weight excluding hydrogens is 532 g/mol. The zero-order valence-corrected chi connectivity index (χ0v) is 20.8. The number of hydrogen-bond donors (Lipinski definition) is 0. The topological polar surface area (TPSA) is 44.1 Å². The third kappa shape index (κ3) is 5.30. The predicted octanol–water partition coefficient (Wildman–Crippen LogP) is 6.97. The Morgan fingerprint density at radius 1 is 0.906 bits per heavy atom. The van der Waals surface area contributed by atoms with Crippen molar-refractivity contribution in [1.82, 2.24) is 9.55 Å². The summed E-state index contributed by atoms with van der Waals surface area (Å²) in [5.41, 5.74) is 3.74. The molecule has 4 aromatic rings. The van der Waals surface area contributed by atoms with Crippen LogP contribution in [0, 0.1) is 0 Å². The SMILES string of the molecule is O=c1c(-c2cc(Br)ccc2OCc2ccccc2)nc2ccccc2n1CCCCCBr. The van der Waals surface area contributed by atoms with Gasteiger partial charge in [0, 0.05) is 21.9 Å². The predicted molar refractivity (Wildman–Crippen MR) is 138 cm³/mol. The number of nitrogens with zero attached hydrogens (tertiary/aromatic N) is 2. The molecule has 0 aliphatic carbocycles. The Hall–Kier alpha value is -2.44. The number of ether oxygens (including phenoxy) is 1. The molecule has 1 aromatic heterocycles. The Labute approximate surface area is 204 Å². The lowest BCUT2D eigenvalue weighted by Gasteiger charge is -2.15. The Morgan fingerprint density at radius 3 is 2.50 bits per heavy atom. The van der Waals surface area contributed by atoms with Crippen molar-refractivity contribution < 1.29 is 4.74 Å². The fraction of sp³-hybridized carbons (Fsp3) is 0.231. The van der Waals surface area contributed by atoms with E-state index < -0.39 is 0 Å². The van der Waals surface area contributed by atoms with Crippen LogP contribution in [-0.4, -0.2) is 14.9 Å². The van der Waals surface area contributed by atoms with E-state index in [1.807, 2.05) is 77.4 Å². The summed E-state index contributed by atoms with van der Waals surface area (Å²) < 4.78 is 8.87. The first-order chi connectivity index (χ1) is 15.7. The zero-order valence-electron chi connectivity index (χ0n) is 17.6. The maximum absolute atomic E-state index is 13.6. The molecule has 4 nitrogen and oxygen atoms in total. The van der Waals surface area contributed by atoms with Crippen LogP contribution in [0.1, 0.15) is 24.8 Å². The number of unbranched alkanes of at least 4 members (excludes halogenated alkanes) is 2. The first kappa shape index (κ1) is 22.7. The quantitative estimate of drug-likeness (QED) is 0.165. The fourth-order valence-corrected chi connectivity index (χ4v) is 4.44. The zero-order chi connectivity index (χ0) is 22.3. The van der Waals surface area contributed by atoms with E-state index in [2.05, 4.69) is 31.9 Å². The molecule has 0 amide bonds. The number of rotatable bonds is 9. The second-order valence-electron chi connectivity index (χ2n) is 7.57. The number of aromatic nitrogens is 2. The lowest BCUT2D eigenvalue weighted by Crippen LogP contribution is -2.24. The van der Waals surface area contributed by atoms with Gasteiger partial charge in [-0.15, -0.1) is 0 Å². The number of fused-ring (bicyclic) bond motifs is 1. The molecule has 0 unspecified atom stereocenters. The number of halogens is 2. The van der Waals surface area contributed by atoms with Crippen LogP contribution < -0.4 is 10.3 Å². The molecule has 0 saturated heterocycles. The molecule has 3 aromatic carbocycles. The summed E-state index contributed by atoms with van der Waals surface area (Å²) in [5.74, 6) is 0.641. The van der Waals surface area contributed by atoms with Crippen LogP contribution in [0.15, 0.2) is 82.1 Å². The van der Waals surface area contributed by atoms with Crippen LogP contribution in [0.5, 0.6) is 5.75 Å². The molecule has 0 aliphatic rings. The molecule has 0 radical (unpaired) electrons. The molecule has 6 heteroatoms. The maximum atomic E-state index is 13.6. The minimum Gasteiger partial charge on any atom is -0.488 e. The standard InChI is InChI=1S/C26H24Br2N2O2/c27-15-7-2-8-16-30-23-12-6-5-11-22(23)29-25(26(30)31)21-17-20(28)13-14-24(21)32-18-19-9-3-1-4-10-19/h1,3-6,9-14,17H,2,7-8,15-16,18H2. The average molecular weight is 556 g/mol. The first-order valence-corrected chi connectivity index (χ1v) is 12.6. The minimum atomic E-state index is -0.0924. The molecule has 0 N–H and O–H groups in total. The van der Waals surface area contributed by atoms with Crippen molar-refractivity contribution in [2.24, 2.45) is 0 Å². The van der Waals surface area contributed by atoms with Crippen LogP contribution in [0.4, 0.5) is 0 Å². The van der Waals surface area contributed by atoms with Crippen molar-refractivity contribution in [3.05, 3.63) is 93.2 Å². The van der Waals surface area contributed by atoms with Gasteiger partial charge in [0.25, 0.3) is 5.56 Å². The van der Waals surface area contributed by atoms with Gasteiger partial charge in [0.2, 0.25) is 0 Å². The highest BCUT2D eigenvalue weighted by molar-refractivity contribution is 9.10. The fourth-order valence-electron chi connectivity index (χ4n) is 3.68. The smallest absolute Gasteiger partial charge is 0.277 e. The maximum Gasteiger partial charge on any atom is 0.277 e. The molecule has 1 heterocycles. The van der Waals surface area contributed by atoms with Crippen LogP contribution >= 0.6 is 31.9 Å². The van der Waals surface area contributed by atoms with E-state index in [1.54, 1.807) is 0 Å². The molecule has 0 spiro atoms. The Bertz CT molecular complexity index is 1260. The van der Waals surface area contributed by atoms with Crippen LogP contribution in [-0.2, 0) is 13.2 Å². The van der Waals surface area contributed by atoms with E-state index >= 15 is 0 Å². The highest BCUT2D eigenvalue weighted by atomic mass is 79.9. The monoisotopic (exact) mass is 554 g/mol. The molecule has 0 saturated carbocycles. The van der Waals surface area contributed by atoms with Gasteiger partial charge in [-0.05, 0) is 48.7 Å². The Balaban J connectivity index is 1.76. The van der Waals surface area contributed by atoms with E-state index in [-0.39, 0.29) is 5.56 Å². The van der Waals surface area contributed by atoms with Gasteiger partial charge in [0.05, 0.1) is 11.0 Å². The summed E-state index contributed by atoms with van der Waals surface area (Å²) >= 11 is 7.03. The summed E-state index contributed by atoms with van der Waals surface area (Å²) in [5, 5.41) is 0.977. The molecule has 0 bridgehead atoms. The van der Waals surface area contributed by atoms with E-state index in [9.17, 15) is 4.79 Å². The van der Waals surface area contributed by atoms with Crippen molar-refractivity contribution in [2.75, 3.05) is 5.33 Å². The summed E-state index contributed by atoms with van der Waals surface area (Å²) in [4.78, 5) is 18.4. The van der Waals surface area contributed by atoms with Crippen LogP contribution in [0.25, 0.3) is 22.3 Å². The van der Waals surface area contributed by atoms with E-state index in [1.165, 1.54) is 0 Å². The number of benzene rings is 3. The number of hydrogen-bond acceptors (Lipinski definition) is 3. The van der Waals surface area contributed by atoms with Gasteiger partial charge in [-0.25, -0.2) is 4.98 Å². The summed E-state index contributed by atoms with van der Waals surface area (Å²) in [6, 6.07) is 23.5. The van der Waals surface area contributed by atoms with Crippen LogP contribution in [0.2, 0.25) is 0 Å². The molecule has 0 aliphatic heterocycles. The van der Waals surface area contributed by atoms with Gasteiger partial charge < -0.3 is 9.30 Å². The van der Waals surface area contributed by atoms with Gasteiger partial charge in [0.15, 0.2) is 0 Å². The Morgan fingerprint density at radius 2 is 1.69 bits per heavy atom. The molecule has 0 fully saturated rings. The first-order valence-electron chi connectivity index (χ1n) is 10.7. The minimum absolute atomic E-state index is 0.0924. The van der Waals surface area contributed by atoms with Crippen molar-refractivity contribution in [3.63, 3.8) is 0 Å². The molecule has 32 heavy (non-hydrogen) atoms. The number of alkyl halides is 1. The lowest BCUT2D eigenvalue weighted by atomic mass is 10.1. The van der Waals surface area contributed by atoms with Gasteiger partial charge in [0.1, 0.15) is 18.1 Å². The Kier molecular flexibility index (Phi) is 7.76. The summed E-state index contributed by atoms with van der Waals surface area (Å²) in [7, 11) is 0. The van der Waals surface area contributed by atoms with Crippen molar-refractivity contribution in [3.8, 4) is 17.0 Å². The van der Waals surface area contributed by atoms with E-state index in [0.717, 1.165) is 45.7 Å². The molecule has 4 rings (SSSR count). The second-order valence-corrected chi connectivity index (χ2v) is 9.28. The highest BCUT2D eigenvalue weighted by Crippen LogP contribution is 2.31. The van der Waals surface area contributed by atoms with Crippen molar-refractivity contribution in [1.29, 1.82) is 0 Å². The van der Waals surface area contributed by atoms with Gasteiger partial charge in [-0.2, -0.15) is 0 Å². The lowest BCUT2D eigenvalue weighted by molar-refractivity contribution is 0.307. The number of aryl methyl sites for hydroxylation is 1. The van der Waals surface area contributed by atoms with Gasteiger partial charge >= 0.3 is 0 Å². The normalized spacial score (nSPS) is 11.1. The van der Waals surface area contributed by atoms with Gasteiger partial charge in [-0.1, -0.05) is 80.7 Å². The molecular formula is C26H24Br2N2O2. The molecule has 164 valence electrons. The largest absolute Gasteiger partial charge is 0.488 e. The molecule has 0 atom stereocenters. The number of para-hydroxylation sites is 2. The summed E-state index contributed by atoms with van der Waals surface area (Å²) in [6.07, 6.45) is 3.09. The van der Waals surface area contributed by atoms with Crippen molar-refractivity contribution >= 4 is 42.9 Å². The van der Waals surface area contributed by atoms with Gasteiger partial charge in [-0.3, -0.25) is 4.79 Å².